The van der Waals surface area contributed by atoms with Crippen molar-refractivity contribution in [1.82, 2.24) is 0 Å². The summed E-state index contributed by atoms with van der Waals surface area (Å²) in [6.07, 6.45) is 0. The molecule has 0 unspecified atom stereocenters. The largest absolute Gasteiger partial charge is 0.497 e. The molecule has 0 bridgehead atoms. The molecule has 0 radical (unpaired) electrons. The lowest BCUT2D eigenvalue weighted by molar-refractivity contribution is -0.118. The second kappa shape index (κ2) is 10.1. The number of ether oxygens (including phenoxy) is 2. The van der Waals surface area contributed by atoms with E-state index in [1.807, 2.05) is 36.4 Å². The van der Waals surface area contributed by atoms with Gasteiger partial charge in [0.25, 0.3) is 5.91 Å². The molecule has 1 aliphatic rings. The van der Waals surface area contributed by atoms with E-state index >= 15 is 0 Å². The average Bonchev–Trinajstić information content (AvgIpc) is 2.94. The predicted octanol–water partition coefficient (Wildman–Crippen LogP) is 5.97. The molecular formula is C30H25FN2O4. The van der Waals surface area contributed by atoms with Crippen LogP contribution in [0.5, 0.6) is 11.5 Å². The van der Waals surface area contributed by atoms with Gasteiger partial charge in [-0.2, -0.15) is 0 Å². The van der Waals surface area contributed by atoms with Crippen molar-refractivity contribution < 1.29 is 23.5 Å². The second-order valence-corrected chi connectivity index (χ2v) is 8.65. The summed E-state index contributed by atoms with van der Waals surface area (Å²) in [6.45, 7) is 0. The van der Waals surface area contributed by atoms with Gasteiger partial charge in [-0.15, -0.1) is 0 Å². The van der Waals surface area contributed by atoms with E-state index in [1.165, 1.54) is 24.3 Å². The topological polar surface area (TPSA) is 67.9 Å². The first-order valence-corrected chi connectivity index (χ1v) is 11.8. The molecule has 0 aromatic heterocycles. The third-order valence-corrected chi connectivity index (χ3v) is 6.54. The Balaban J connectivity index is 1.67. The zero-order chi connectivity index (χ0) is 25.9. The van der Waals surface area contributed by atoms with Gasteiger partial charge < -0.3 is 14.8 Å². The van der Waals surface area contributed by atoms with Crippen molar-refractivity contribution in [3.8, 4) is 11.5 Å². The fraction of sp³-hybridized carbons (Fsp3) is 0.133. The van der Waals surface area contributed by atoms with Crippen LogP contribution in [0.2, 0.25) is 0 Å². The molecule has 7 heteroatoms. The summed E-state index contributed by atoms with van der Waals surface area (Å²) in [5.74, 6) is -0.365. The van der Waals surface area contributed by atoms with Crippen LogP contribution < -0.4 is 19.7 Å². The molecule has 186 valence electrons. The van der Waals surface area contributed by atoms with Crippen LogP contribution in [-0.2, 0) is 4.79 Å². The zero-order valence-corrected chi connectivity index (χ0v) is 20.4. The number of benzene rings is 4. The van der Waals surface area contributed by atoms with Gasteiger partial charge in [-0.25, -0.2) is 4.39 Å². The van der Waals surface area contributed by atoms with Crippen LogP contribution in [-0.4, -0.2) is 26.0 Å². The van der Waals surface area contributed by atoms with Crippen LogP contribution >= 0.6 is 0 Å². The van der Waals surface area contributed by atoms with Gasteiger partial charge >= 0.3 is 0 Å². The highest BCUT2D eigenvalue weighted by Crippen LogP contribution is 2.46. The number of rotatable bonds is 6. The number of carbonyl (C=O) groups excluding carboxylic acids is 2. The lowest BCUT2D eigenvalue weighted by Crippen LogP contribution is -2.46. The molecule has 4 aromatic carbocycles. The van der Waals surface area contributed by atoms with Gasteiger partial charge in [0.1, 0.15) is 17.3 Å². The molecule has 0 fully saturated rings. The minimum atomic E-state index is -0.755. The van der Waals surface area contributed by atoms with Crippen LogP contribution in [0.15, 0.2) is 97.1 Å². The van der Waals surface area contributed by atoms with Gasteiger partial charge in [0, 0.05) is 16.9 Å². The van der Waals surface area contributed by atoms with E-state index in [4.69, 9.17) is 9.47 Å². The minimum Gasteiger partial charge on any atom is -0.497 e. The number of halogens is 1. The van der Waals surface area contributed by atoms with Crippen LogP contribution in [0.4, 0.5) is 15.8 Å². The zero-order valence-electron chi connectivity index (χ0n) is 20.4. The summed E-state index contributed by atoms with van der Waals surface area (Å²) < 4.78 is 24.1. The van der Waals surface area contributed by atoms with Crippen molar-refractivity contribution in [3.63, 3.8) is 0 Å². The Hall–Kier alpha value is -4.65. The molecule has 2 atom stereocenters. The number of carbonyl (C=O) groups is 2. The second-order valence-electron chi connectivity index (χ2n) is 8.65. The number of hydrogen-bond donors (Lipinski definition) is 1. The van der Waals surface area contributed by atoms with E-state index in [1.54, 1.807) is 55.5 Å². The third kappa shape index (κ3) is 4.63. The first kappa shape index (κ1) is 24.1. The van der Waals surface area contributed by atoms with E-state index in [2.05, 4.69) is 5.32 Å². The lowest BCUT2D eigenvalue weighted by Gasteiger charge is -2.42. The first-order chi connectivity index (χ1) is 18.0. The highest BCUT2D eigenvalue weighted by Gasteiger charge is 2.45. The summed E-state index contributed by atoms with van der Waals surface area (Å²) >= 11 is 0. The molecule has 0 spiro atoms. The first-order valence-electron chi connectivity index (χ1n) is 11.8. The van der Waals surface area contributed by atoms with Gasteiger partial charge in [-0.3, -0.25) is 14.5 Å². The molecule has 6 nitrogen and oxygen atoms in total. The Bertz CT molecular complexity index is 1420. The molecule has 4 aromatic rings. The van der Waals surface area contributed by atoms with Crippen molar-refractivity contribution in [2.24, 2.45) is 0 Å². The van der Waals surface area contributed by atoms with Crippen LogP contribution in [0, 0.1) is 5.82 Å². The Morgan fingerprint density at radius 2 is 1.41 bits per heavy atom. The summed E-state index contributed by atoms with van der Waals surface area (Å²) in [5, 5.41) is 2.92. The fourth-order valence-corrected chi connectivity index (χ4v) is 4.74. The molecule has 0 saturated heterocycles. The van der Waals surface area contributed by atoms with Gasteiger partial charge in [-0.1, -0.05) is 30.3 Å². The molecule has 0 saturated carbocycles. The molecule has 1 aliphatic heterocycles. The van der Waals surface area contributed by atoms with E-state index in [0.717, 1.165) is 5.56 Å². The predicted molar refractivity (Wildman–Crippen MR) is 140 cm³/mol. The minimum absolute atomic E-state index is 0.215. The maximum atomic E-state index is 13.9. The van der Waals surface area contributed by atoms with Crippen molar-refractivity contribution >= 4 is 23.2 Å². The van der Waals surface area contributed by atoms with Crippen molar-refractivity contribution in [2.45, 2.75) is 12.0 Å². The molecule has 2 amide bonds. The highest BCUT2D eigenvalue weighted by atomic mass is 19.1. The Labute approximate surface area is 214 Å². The van der Waals surface area contributed by atoms with Gasteiger partial charge in [0.15, 0.2) is 0 Å². The summed E-state index contributed by atoms with van der Waals surface area (Å²) in [4.78, 5) is 29.5. The standard InChI is InChI=1S/C30H25FN2O4/c1-36-23-15-7-19(8-16-23)28-27(29(34)32-21-11-9-20(31)10-12-21)25-5-3-4-6-26(25)30(35)33(28)22-13-17-24(37-2)18-14-22/h3-18,27-28H,1-2H3,(H,32,34)/t27-,28-/m1/s1. The van der Waals surface area contributed by atoms with Gasteiger partial charge in [0.2, 0.25) is 5.91 Å². The number of nitrogens with zero attached hydrogens (tertiary/aromatic N) is 1. The van der Waals surface area contributed by atoms with Crippen molar-refractivity contribution in [2.75, 3.05) is 24.4 Å². The van der Waals surface area contributed by atoms with E-state index < -0.39 is 17.8 Å². The Morgan fingerprint density at radius 1 is 0.811 bits per heavy atom. The van der Waals surface area contributed by atoms with Crippen molar-refractivity contribution in [1.29, 1.82) is 0 Å². The highest BCUT2D eigenvalue weighted by molar-refractivity contribution is 6.12. The number of methoxy groups -OCH3 is 2. The molecular weight excluding hydrogens is 471 g/mol. The van der Waals surface area contributed by atoms with Crippen LogP contribution in [0.3, 0.4) is 0 Å². The monoisotopic (exact) mass is 496 g/mol. The Morgan fingerprint density at radius 3 is 2.03 bits per heavy atom. The normalized spacial score (nSPS) is 16.6. The lowest BCUT2D eigenvalue weighted by atomic mass is 9.78. The molecule has 5 rings (SSSR count). The SMILES string of the molecule is COc1ccc([C@@H]2[C@H](C(=O)Nc3ccc(F)cc3)c3ccccc3C(=O)N2c2ccc(OC)cc2)cc1. The van der Waals surface area contributed by atoms with E-state index in [0.29, 0.717) is 34.0 Å². The third-order valence-electron chi connectivity index (χ3n) is 6.54. The quantitative estimate of drug-likeness (QED) is 0.357. The number of amides is 2. The van der Waals surface area contributed by atoms with Crippen LogP contribution in [0.25, 0.3) is 0 Å². The summed E-state index contributed by atoms with van der Waals surface area (Å²) in [6, 6.07) is 26.6. The molecule has 0 aliphatic carbocycles. The number of anilines is 2. The number of fused-ring (bicyclic) bond motifs is 1. The molecule has 1 heterocycles. The van der Waals surface area contributed by atoms with Crippen molar-refractivity contribution in [3.05, 3.63) is 120 Å². The fourth-order valence-electron chi connectivity index (χ4n) is 4.74. The summed E-state index contributed by atoms with van der Waals surface area (Å²) in [7, 11) is 3.16. The number of hydrogen-bond acceptors (Lipinski definition) is 4. The van der Waals surface area contributed by atoms with E-state index in [-0.39, 0.29) is 11.8 Å². The molecule has 1 N–H and O–H groups in total. The maximum absolute atomic E-state index is 13.9. The van der Waals surface area contributed by atoms with Gasteiger partial charge in [-0.05, 0) is 77.9 Å². The van der Waals surface area contributed by atoms with E-state index in [9.17, 15) is 14.0 Å². The maximum Gasteiger partial charge on any atom is 0.259 e. The van der Waals surface area contributed by atoms with Crippen LogP contribution in [0.1, 0.15) is 33.4 Å². The molecule has 37 heavy (non-hydrogen) atoms. The average molecular weight is 497 g/mol. The smallest absolute Gasteiger partial charge is 0.259 e. The number of nitrogens with one attached hydrogen (secondary N) is 1. The Kier molecular flexibility index (Phi) is 6.60. The summed E-state index contributed by atoms with van der Waals surface area (Å²) in [5.41, 5.74) is 2.92. The van der Waals surface area contributed by atoms with Gasteiger partial charge in [0.05, 0.1) is 26.2 Å².